The van der Waals surface area contributed by atoms with Crippen LogP contribution in [0.5, 0.6) is 0 Å². The van der Waals surface area contributed by atoms with E-state index in [2.05, 4.69) is 5.32 Å². The number of sulfonamides is 1. The Balaban J connectivity index is 2.09. The van der Waals surface area contributed by atoms with Crippen molar-refractivity contribution >= 4 is 10.0 Å². The van der Waals surface area contributed by atoms with Gasteiger partial charge in [0.15, 0.2) is 0 Å². The standard InChI is InChI=1S/C10H16N2O3S/c13-16(14)8-5-11-4-2-6-12(16)9-10-3-1-7-15-10/h1,3,7,11H,2,4-6,8-9H2. The van der Waals surface area contributed by atoms with Gasteiger partial charge in [-0.2, -0.15) is 4.31 Å². The largest absolute Gasteiger partial charge is 0.468 e. The van der Waals surface area contributed by atoms with Crippen molar-refractivity contribution in [3.05, 3.63) is 24.2 Å². The molecule has 90 valence electrons. The molecule has 0 amide bonds. The zero-order chi connectivity index (χ0) is 11.4. The maximum atomic E-state index is 11.9. The second-order valence-corrected chi connectivity index (χ2v) is 5.92. The molecular formula is C10H16N2O3S. The zero-order valence-corrected chi connectivity index (χ0v) is 9.87. The van der Waals surface area contributed by atoms with Crippen molar-refractivity contribution in [3.8, 4) is 0 Å². The Morgan fingerprint density at radius 3 is 3.06 bits per heavy atom. The van der Waals surface area contributed by atoms with Crippen molar-refractivity contribution in [1.82, 2.24) is 9.62 Å². The minimum Gasteiger partial charge on any atom is -0.468 e. The van der Waals surface area contributed by atoms with Crippen molar-refractivity contribution in [2.24, 2.45) is 0 Å². The summed E-state index contributed by atoms with van der Waals surface area (Å²) >= 11 is 0. The summed E-state index contributed by atoms with van der Waals surface area (Å²) < 4.78 is 30.5. The molecule has 0 radical (unpaired) electrons. The Morgan fingerprint density at radius 1 is 1.44 bits per heavy atom. The third-order valence-electron chi connectivity index (χ3n) is 2.60. The Hall–Kier alpha value is -0.850. The van der Waals surface area contributed by atoms with Gasteiger partial charge in [0, 0.05) is 13.1 Å². The molecule has 1 saturated heterocycles. The van der Waals surface area contributed by atoms with Gasteiger partial charge >= 0.3 is 0 Å². The predicted molar refractivity (Wildman–Crippen MR) is 60.4 cm³/mol. The minimum atomic E-state index is -3.15. The number of nitrogens with zero attached hydrogens (tertiary/aromatic N) is 1. The fraction of sp³-hybridized carbons (Fsp3) is 0.600. The number of hydrogen-bond acceptors (Lipinski definition) is 4. The lowest BCUT2D eigenvalue weighted by Gasteiger charge is -2.23. The summed E-state index contributed by atoms with van der Waals surface area (Å²) in [5, 5.41) is 3.09. The van der Waals surface area contributed by atoms with Crippen LogP contribution >= 0.6 is 0 Å². The molecule has 0 unspecified atom stereocenters. The maximum Gasteiger partial charge on any atom is 0.215 e. The SMILES string of the molecule is O=S1(=O)CCNCCCN1Cc1ccco1. The van der Waals surface area contributed by atoms with Crippen molar-refractivity contribution in [3.63, 3.8) is 0 Å². The van der Waals surface area contributed by atoms with Crippen LogP contribution in [0.25, 0.3) is 0 Å². The van der Waals surface area contributed by atoms with Crippen LogP contribution in [0.1, 0.15) is 12.2 Å². The molecule has 2 rings (SSSR count). The third-order valence-corrected chi connectivity index (χ3v) is 4.42. The van der Waals surface area contributed by atoms with E-state index < -0.39 is 10.0 Å². The monoisotopic (exact) mass is 244 g/mol. The molecule has 1 aliphatic heterocycles. The number of nitrogens with one attached hydrogen (secondary N) is 1. The predicted octanol–water partition coefficient (Wildman–Crippen LogP) is 0.405. The van der Waals surface area contributed by atoms with Gasteiger partial charge in [0.2, 0.25) is 10.0 Å². The van der Waals surface area contributed by atoms with Crippen LogP contribution in [-0.4, -0.2) is 38.1 Å². The summed E-state index contributed by atoms with van der Waals surface area (Å²) in [5.41, 5.74) is 0. The average Bonchev–Trinajstić information content (AvgIpc) is 2.71. The Labute approximate surface area is 95.5 Å². The molecule has 1 aromatic rings. The van der Waals surface area contributed by atoms with Gasteiger partial charge in [-0.15, -0.1) is 0 Å². The highest BCUT2D eigenvalue weighted by atomic mass is 32.2. The first-order valence-electron chi connectivity index (χ1n) is 5.39. The second-order valence-electron chi connectivity index (χ2n) is 3.83. The summed E-state index contributed by atoms with van der Waals surface area (Å²) in [5.74, 6) is 0.852. The second kappa shape index (κ2) is 4.99. The van der Waals surface area contributed by atoms with Crippen molar-refractivity contribution in [2.75, 3.05) is 25.4 Å². The molecule has 2 heterocycles. The fourth-order valence-electron chi connectivity index (χ4n) is 1.73. The molecular weight excluding hydrogens is 228 g/mol. The number of furan rings is 1. The molecule has 0 aliphatic carbocycles. The molecule has 1 aromatic heterocycles. The lowest BCUT2D eigenvalue weighted by atomic mass is 10.4. The summed E-state index contributed by atoms with van der Waals surface area (Å²) in [7, 11) is -3.15. The lowest BCUT2D eigenvalue weighted by Crippen LogP contribution is -2.40. The summed E-state index contributed by atoms with van der Waals surface area (Å²) in [6, 6.07) is 3.57. The van der Waals surface area contributed by atoms with Crippen molar-refractivity contribution in [2.45, 2.75) is 13.0 Å². The van der Waals surface area contributed by atoms with E-state index in [1.165, 1.54) is 4.31 Å². The fourth-order valence-corrected chi connectivity index (χ4v) is 3.12. The van der Waals surface area contributed by atoms with Gasteiger partial charge in [-0.25, -0.2) is 8.42 Å². The topological polar surface area (TPSA) is 62.6 Å². The molecule has 1 aliphatic rings. The molecule has 0 bridgehead atoms. The quantitative estimate of drug-likeness (QED) is 0.818. The van der Waals surface area contributed by atoms with E-state index in [0.29, 0.717) is 25.4 Å². The summed E-state index contributed by atoms with van der Waals surface area (Å²) in [6.45, 7) is 2.28. The molecule has 5 nitrogen and oxygen atoms in total. The highest BCUT2D eigenvalue weighted by Crippen LogP contribution is 2.11. The zero-order valence-electron chi connectivity index (χ0n) is 9.05. The molecule has 1 fully saturated rings. The van der Waals surface area contributed by atoms with Crippen LogP contribution in [0.15, 0.2) is 22.8 Å². The number of hydrogen-bond donors (Lipinski definition) is 1. The minimum absolute atomic E-state index is 0.160. The van der Waals surface area contributed by atoms with Crippen LogP contribution in [0.4, 0.5) is 0 Å². The van der Waals surface area contributed by atoms with Crippen LogP contribution in [-0.2, 0) is 16.6 Å². The molecule has 6 heteroatoms. The summed E-state index contributed by atoms with van der Waals surface area (Å²) in [4.78, 5) is 0. The molecule has 1 N–H and O–H groups in total. The van der Waals surface area contributed by atoms with Gasteiger partial charge in [0.05, 0.1) is 18.6 Å². The molecule has 16 heavy (non-hydrogen) atoms. The maximum absolute atomic E-state index is 11.9. The number of rotatable bonds is 2. The first-order chi connectivity index (χ1) is 7.68. The Kier molecular flexibility index (Phi) is 3.63. The van der Waals surface area contributed by atoms with E-state index in [4.69, 9.17) is 4.42 Å². The van der Waals surface area contributed by atoms with Gasteiger partial charge in [-0.05, 0) is 25.1 Å². The normalized spacial score (nSPS) is 22.5. The van der Waals surface area contributed by atoms with Crippen LogP contribution in [0, 0.1) is 0 Å². The van der Waals surface area contributed by atoms with E-state index in [0.717, 1.165) is 13.0 Å². The van der Waals surface area contributed by atoms with Crippen LogP contribution in [0.3, 0.4) is 0 Å². The molecule has 0 aromatic carbocycles. The Morgan fingerprint density at radius 2 is 2.31 bits per heavy atom. The van der Waals surface area contributed by atoms with Gasteiger partial charge < -0.3 is 9.73 Å². The van der Waals surface area contributed by atoms with Crippen LogP contribution < -0.4 is 5.32 Å². The average molecular weight is 244 g/mol. The van der Waals surface area contributed by atoms with Crippen molar-refractivity contribution < 1.29 is 12.8 Å². The lowest BCUT2D eigenvalue weighted by molar-refractivity contribution is 0.351. The van der Waals surface area contributed by atoms with E-state index >= 15 is 0 Å². The summed E-state index contributed by atoms with van der Waals surface area (Å²) in [6.07, 6.45) is 2.40. The van der Waals surface area contributed by atoms with Gasteiger partial charge in [0.1, 0.15) is 5.76 Å². The van der Waals surface area contributed by atoms with Crippen LogP contribution in [0.2, 0.25) is 0 Å². The highest BCUT2D eigenvalue weighted by molar-refractivity contribution is 7.89. The first kappa shape index (κ1) is 11.6. The van der Waals surface area contributed by atoms with E-state index in [1.54, 1.807) is 18.4 Å². The van der Waals surface area contributed by atoms with E-state index in [1.807, 2.05) is 0 Å². The molecule has 0 atom stereocenters. The van der Waals surface area contributed by atoms with Gasteiger partial charge in [-0.3, -0.25) is 0 Å². The van der Waals surface area contributed by atoms with Crippen molar-refractivity contribution in [1.29, 1.82) is 0 Å². The first-order valence-corrected chi connectivity index (χ1v) is 7.00. The molecule has 0 spiro atoms. The highest BCUT2D eigenvalue weighted by Gasteiger charge is 2.23. The third kappa shape index (κ3) is 2.84. The smallest absolute Gasteiger partial charge is 0.215 e. The van der Waals surface area contributed by atoms with Gasteiger partial charge in [-0.1, -0.05) is 0 Å². The van der Waals surface area contributed by atoms with E-state index in [9.17, 15) is 8.42 Å². The Bertz CT molecular complexity index is 413. The van der Waals surface area contributed by atoms with E-state index in [-0.39, 0.29) is 5.75 Å². The molecule has 0 saturated carbocycles. The van der Waals surface area contributed by atoms with Gasteiger partial charge in [0.25, 0.3) is 0 Å².